The molecule has 0 spiro atoms. The molecule has 30 heavy (non-hydrogen) atoms. The number of hydrogen-bond acceptors (Lipinski definition) is 4. The first-order valence-electron chi connectivity index (χ1n) is 9.49. The number of nitrogens with zero attached hydrogens (tertiary/aromatic N) is 3. The zero-order valence-electron chi connectivity index (χ0n) is 16.8. The number of carbonyl (C=O) groups is 1. The average Bonchev–Trinajstić information content (AvgIpc) is 2.68. The lowest BCUT2D eigenvalue weighted by atomic mass is 10.2. The number of amides is 2. The van der Waals surface area contributed by atoms with Crippen molar-refractivity contribution in [2.75, 3.05) is 17.2 Å². The van der Waals surface area contributed by atoms with Crippen LogP contribution in [-0.4, -0.2) is 28.5 Å². The van der Waals surface area contributed by atoms with Gasteiger partial charge in [-0.15, -0.1) is 0 Å². The number of aryl methyl sites for hydroxylation is 2. The van der Waals surface area contributed by atoms with Crippen molar-refractivity contribution in [2.24, 2.45) is 4.99 Å². The van der Waals surface area contributed by atoms with Gasteiger partial charge in [0.2, 0.25) is 11.9 Å². The summed E-state index contributed by atoms with van der Waals surface area (Å²) in [6, 6.07) is 18.3. The Labute approximate surface area is 180 Å². The summed E-state index contributed by atoms with van der Waals surface area (Å²) in [4.78, 5) is 25.7. The van der Waals surface area contributed by atoms with Crippen molar-refractivity contribution in [3.63, 3.8) is 0 Å². The molecule has 7 nitrogen and oxygen atoms in total. The summed E-state index contributed by atoms with van der Waals surface area (Å²) in [6.45, 7) is 4.24. The van der Waals surface area contributed by atoms with Crippen molar-refractivity contribution < 1.29 is 4.79 Å². The Morgan fingerprint density at radius 3 is 2.40 bits per heavy atom. The normalized spacial score (nSPS) is 11.1. The molecule has 0 aliphatic rings. The number of rotatable bonds is 5. The number of nitrogens with one attached hydrogen (secondary N) is 3. The van der Waals surface area contributed by atoms with Crippen LogP contribution in [-0.2, 0) is 6.42 Å². The molecule has 0 bridgehead atoms. The number of carbonyl (C=O) groups excluding carboxylic acids is 1. The summed E-state index contributed by atoms with van der Waals surface area (Å²) < 4.78 is 0. The molecule has 0 unspecified atom stereocenters. The molecule has 0 aliphatic carbocycles. The first kappa shape index (κ1) is 21.3. The maximum Gasteiger partial charge on any atom is 0.326 e. The van der Waals surface area contributed by atoms with Crippen LogP contribution in [0.5, 0.6) is 0 Å². The van der Waals surface area contributed by atoms with Crippen molar-refractivity contribution in [1.29, 1.82) is 0 Å². The molecular weight excluding hydrogens is 400 g/mol. The van der Waals surface area contributed by atoms with Crippen LogP contribution in [0, 0.1) is 13.8 Å². The molecule has 3 aromatic rings. The Balaban J connectivity index is 1.71. The third kappa shape index (κ3) is 6.86. The monoisotopic (exact) mass is 422 g/mol. The number of urea groups is 1. The highest BCUT2D eigenvalue weighted by Gasteiger charge is 2.09. The van der Waals surface area contributed by atoms with Crippen LogP contribution in [0.3, 0.4) is 0 Å². The number of guanidine groups is 1. The summed E-state index contributed by atoms with van der Waals surface area (Å²) >= 11 is 5.97. The van der Waals surface area contributed by atoms with Gasteiger partial charge in [-0.25, -0.2) is 14.8 Å². The number of aliphatic imine (C=N–C) groups is 1. The minimum absolute atomic E-state index is 0.260. The zero-order valence-corrected chi connectivity index (χ0v) is 17.6. The lowest BCUT2D eigenvalue weighted by molar-refractivity contribution is 0.256. The maximum absolute atomic E-state index is 12.5. The fraction of sp³-hybridized carbons (Fsp3) is 0.182. The highest BCUT2D eigenvalue weighted by molar-refractivity contribution is 6.30. The molecule has 0 atom stereocenters. The second kappa shape index (κ2) is 10.4. The maximum atomic E-state index is 12.5. The molecule has 1 heterocycles. The first-order valence-corrected chi connectivity index (χ1v) is 9.87. The van der Waals surface area contributed by atoms with E-state index in [0.29, 0.717) is 23.2 Å². The van der Waals surface area contributed by atoms with Crippen LogP contribution in [0.4, 0.5) is 16.4 Å². The smallest absolute Gasteiger partial charge is 0.308 e. The molecular formula is C22H23ClN6O. The van der Waals surface area contributed by atoms with Crippen molar-refractivity contribution >= 4 is 35.2 Å². The Kier molecular flexibility index (Phi) is 7.34. The summed E-state index contributed by atoms with van der Waals surface area (Å²) in [5.41, 5.74) is 3.37. The molecule has 2 aromatic carbocycles. The van der Waals surface area contributed by atoms with E-state index in [4.69, 9.17) is 11.6 Å². The summed E-state index contributed by atoms with van der Waals surface area (Å²) in [5, 5.41) is 9.00. The minimum Gasteiger partial charge on any atom is -0.308 e. The van der Waals surface area contributed by atoms with Gasteiger partial charge in [-0.3, -0.25) is 15.6 Å². The fourth-order valence-corrected chi connectivity index (χ4v) is 2.97. The Morgan fingerprint density at radius 2 is 1.70 bits per heavy atom. The Morgan fingerprint density at radius 1 is 0.967 bits per heavy atom. The first-order chi connectivity index (χ1) is 14.5. The Hall–Kier alpha value is -3.45. The predicted octanol–water partition coefficient (Wildman–Crippen LogP) is 4.58. The van der Waals surface area contributed by atoms with E-state index in [9.17, 15) is 4.79 Å². The Bertz CT molecular complexity index is 1020. The number of aromatic nitrogens is 2. The van der Waals surface area contributed by atoms with E-state index >= 15 is 0 Å². The molecule has 3 N–H and O–H groups in total. The van der Waals surface area contributed by atoms with Crippen LogP contribution in [0.15, 0.2) is 65.7 Å². The van der Waals surface area contributed by atoms with Crippen LogP contribution in [0.1, 0.15) is 17.0 Å². The molecule has 0 radical (unpaired) electrons. The van der Waals surface area contributed by atoms with E-state index in [-0.39, 0.29) is 5.96 Å². The molecule has 0 saturated carbocycles. The topological polar surface area (TPSA) is 91.3 Å². The van der Waals surface area contributed by atoms with Crippen molar-refractivity contribution in [2.45, 2.75) is 20.3 Å². The van der Waals surface area contributed by atoms with Gasteiger partial charge in [-0.1, -0.05) is 48.0 Å². The number of halogens is 1. The van der Waals surface area contributed by atoms with Gasteiger partial charge in [0.1, 0.15) is 0 Å². The minimum atomic E-state index is -0.451. The molecule has 0 saturated heterocycles. The van der Waals surface area contributed by atoms with Gasteiger partial charge in [-0.05, 0) is 50.1 Å². The van der Waals surface area contributed by atoms with Crippen LogP contribution >= 0.6 is 11.6 Å². The van der Waals surface area contributed by atoms with E-state index in [1.165, 1.54) is 0 Å². The highest BCUT2D eigenvalue weighted by atomic mass is 35.5. The summed E-state index contributed by atoms with van der Waals surface area (Å²) in [7, 11) is 0. The lowest BCUT2D eigenvalue weighted by Gasteiger charge is -2.12. The van der Waals surface area contributed by atoms with E-state index in [1.807, 2.05) is 50.2 Å². The van der Waals surface area contributed by atoms with Gasteiger partial charge in [0.15, 0.2) is 0 Å². The van der Waals surface area contributed by atoms with Crippen LogP contribution < -0.4 is 16.0 Å². The van der Waals surface area contributed by atoms with E-state index in [1.54, 1.807) is 24.3 Å². The van der Waals surface area contributed by atoms with E-state index < -0.39 is 6.03 Å². The average molecular weight is 423 g/mol. The van der Waals surface area contributed by atoms with Gasteiger partial charge >= 0.3 is 6.03 Å². The largest absolute Gasteiger partial charge is 0.326 e. The van der Waals surface area contributed by atoms with Crippen molar-refractivity contribution in [1.82, 2.24) is 15.3 Å². The third-order valence-electron chi connectivity index (χ3n) is 4.04. The molecule has 0 aliphatic heterocycles. The van der Waals surface area contributed by atoms with E-state index in [0.717, 1.165) is 23.4 Å². The van der Waals surface area contributed by atoms with Gasteiger partial charge < -0.3 is 5.32 Å². The standard InChI is InChI=1S/C22H23ClN6O/c1-15-13-16(2)26-21(25-15)28-20(24-12-11-17-7-4-3-5-8-17)29-22(30)27-19-10-6-9-18(23)14-19/h3-10,13-14H,11-12H2,1-2H3,(H3,24,25,26,27,28,29,30). The molecule has 0 fully saturated rings. The lowest BCUT2D eigenvalue weighted by Crippen LogP contribution is -2.39. The fourth-order valence-electron chi connectivity index (χ4n) is 2.78. The predicted molar refractivity (Wildman–Crippen MR) is 121 cm³/mol. The number of anilines is 2. The van der Waals surface area contributed by atoms with Crippen LogP contribution in [0.25, 0.3) is 0 Å². The van der Waals surface area contributed by atoms with Gasteiger partial charge in [0.25, 0.3) is 0 Å². The van der Waals surface area contributed by atoms with Gasteiger partial charge in [0, 0.05) is 28.6 Å². The molecule has 3 rings (SSSR count). The van der Waals surface area contributed by atoms with Crippen LogP contribution in [0.2, 0.25) is 5.02 Å². The highest BCUT2D eigenvalue weighted by Crippen LogP contribution is 2.14. The van der Waals surface area contributed by atoms with Crippen molar-refractivity contribution in [3.05, 3.63) is 82.6 Å². The summed E-state index contributed by atoms with van der Waals surface area (Å²) in [6.07, 6.45) is 0.733. The number of benzene rings is 2. The van der Waals surface area contributed by atoms with Gasteiger partial charge in [-0.2, -0.15) is 0 Å². The molecule has 1 aromatic heterocycles. The third-order valence-corrected chi connectivity index (χ3v) is 4.28. The second-order valence-corrected chi connectivity index (χ2v) is 7.09. The molecule has 8 heteroatoms. The number of hydrogen-bond donors (Lipinski definition) is 3. The second-order valence-electron chi connectivity index (χ2n) is 6.65. The quantitative estimate of drug-likeness (QED) is 0.414. The zero-order chi connectivity index (χ0) is 21.3. The van der Waals surface area contributed by atoms with Gasteiger partial charge in [0.05, 0.1) is 0 Å². The SMILES string of the molecule is Cc1cc(C)nc(NC(=NCCc2ccccc2)NC(=O)Nc2cccc(Cl)c2)n1. The summed E-state index contributed by atoms with van der Waals surface area (Å²) in [5.74, 6) is 0.629. The van der Waals surface area contributed by atoms with E-state index in [2.05, 4.69) is 30.9 Å². The van der Waals surface area contributed by atoms with Crippen molar-refractivity contribution in [3.8, 4) is 0 Å². The molecule has 154 valence electrons. The molecule has 2 amide bonds.